The smallest absolute Gasteiger partial charge is 0.480 e. The van der Waals surface area contributed by atoms with E-state index in [0.717, 1.165) is 48.1 Å². The van der Waals surface area contributed by atoms with Crippen molar-refractivity contribution in [3.63, 3.8) is 0 Å². The number of ether oxygens (including phenoxy) is 1. The summed E-state index contributed by atoms with van der Waals surface area (Å²) in [7, 11) is 0. The summed E-state index contributed by atoms with van der Waals surface area (Å²) >= 11 is 0. The molecule has 0 saturated heterocycles. The van der Waals surface area contributed by atoms with Crippen LogP contribution in [0.2, 0.25) is 0 Å². The van der Waals surface area contributed by atoms with Gasteiger partial charge in [-0.15, -0.1) is 13.2 Å². The molecule has 16 heteroatoms. The summed E-state index contributed by atoms with van der Waals surface area (Å²) in [6.45, 7) is 5.66. The predicted molar refractivity (Wildman–Crippen MR) is 171 cm³/mol. The van der Waals surface area contributed by atoms with Gasteiger partial charge in [-0.2, -0.15) is 13.2 Å². The Morgan fingerprint density at radius 3 is 1.82 bits per heavy atom. The maximum absolute atomic E-state index is 13.5. The molecule has 1 fully saturated rings. The summed E-state index contributed by atoms with van der Waals surface area (Å²) in [5, 5.41) is 25.2. The largest absolute Gasteiger partial charge is 0.573 e. The van der Waals surface area contributed by atoms with Gasteiger partial charge in [-0.1, -0.05) is 55.2 Å². The molecule has 0 radical (unpaired) electrons. The van der Waals surface area contributed by atoms with E-state index < -0.39 is 48.2 Å². The Morgan fingerprint density at radius 1 is 0.780 bits per heavy atom. The van der Waals surface area contributed by atoms with E-state index in [2.05, 4.69) is 20.7 Å². The van der Waals surface area contributed by atoms with Gasteiger partial charge in [-0.05, 0) is 86.1 Å². The summed E-state index contributed by atoms with van der Waals surface area (Å²) in [4.78, 5) is 47.6. The molecule has 10 nitrogen and oxygen atoms in total. The zero-order chi connectivity index (χ0) is 37.4. The number of alkyl halides is 6. The van der Waals surface area contributed by atoms with Crippen LogP contribution in [0.15, 0.2) is 54.6 Å². The summed E-state index contributed by atoms with van der Waals surface area (Å²) in [5.74, 6) is -5.16. The number of carbonyl (C=O) groups excluding carboxylic acids is 2. The highest BCUT2D eigenvalue weighted by Crippen LogP contribution is 2.31. The molecule has 1 aliphatic carbocycles. The van der Waals surface area contributed by atoms with Gasteiger partial charge in [-0.3, -0.25) is 4.79 Å². The number of benzene rings is 3. The Bertz CT molecular complexity index is 1680. The molecule has 0 spiro atoms. The fraction of sp³-hybridized carbons (Fsp3) is 0.353. The highest BCUT2D eigenvalue weighted by molar-refractivity contribution is 6.08. The lowest BCUT2D eigenvalue weighted by molar-refractivity contribution is -0.274. The second-order valence-electron chi connectivity index (χ2n) is 11.7. The monoisotopic (exact) mass is 711 g/mol. The van der Waals surface area contributed by atoms with Gasteiger partial charge in [-0.25, -0.2) is 14.4 Å². The van der Waals surface area contributed by atoms with Crippen molar-refractivity contribution in [1.29, 1.82) is 0 Å². The molecule has 0 bridgehead atoms. The predicted octanol–water partition coefficient (Wildman–Crippen LogP) is 8.22. The molecule has 3 aromatic carbocycles. The van der Waals surface area contributed by atoms with Crippen LogP contribution in [0, 0.1) is 26.7 Å². The molecular formula is C34H35F6N3O7. The lowest BCUT2D eigenvalue weighted by Gasteiger charge is -2.28. The average molecular weight is 712 g/mol. The Labute approximate surface area is 282 Å². The first kappa shape index (κ1) is 39.2. The normalized spacial score (nSPS) is 14.0. The molecule has 0 heterocycles. The van der Waals surface area contributed by atoms with E-state index in [9.17, 15) is 45.8 Å². The van der Waals surface area contributed by atoms with Crippen molar-refractivity contribution < 1.29 is 60.5 Å². The number of amides is 3. The number of rotatable bonds is 8. The second-order valence-corrected chi connectivity index (χ2v) is 11.7. The van der Waals surface area contributed by atoms with Crippen LogP contribution in [0.1, 0.15) is 59.2 Å². The van der Waals surface area contributed by atoms with E-state index in [1.54, 1.807) is 6.07 Å². The van der Waals surface area contributed by atoms with Crippen molar-refractivity contribution in [3.8, 4) is 16.9 Å². The van der Waals surface area contributed by atoms with E-state index in [0.29, 0.717) is 29.7 Å². The topological polar surface area (TPSA) is 154 Å². The molecule has 270 valence electrons. The van der Waals surface area contributed by atoms with Crippen molar-refractivity contribution in [2.75, 3.05) is 10.6 Å². The number of urea groups is 1. The number of anilines is 2. The standard InChI is InChI=1S/C32H34F3N3O5.C2HF3O2/c1-18-15-19(2)27(20(3)16-18)38-31(42)36-26-17-23(21-9-12-24(13-10-21)43-32(33,34)35)11-14-25(26)29(39)37-28(30(40)41)22-7-5-4-6-8-22;3-2(4,5)1(6)7/h9-17,22,28H,4-8H2,1-3H3,(H,37,39)(H,40,41)(H2,36,38,42);(H,6,7)/t28-;/m0./s1. The van der Waals surface area contributed by atoms with Crippen LogP contribution in [0.3, 0.4) is 0 Å². The number of carbonyl (C=O) groups is 4. The third-order valence-electron chi connectivity index (χ3n) is 7.77. The first-order chi connectivity index (χ1) is 23.2. The van der Waals surface area contributed by atoms with Crippen LogP contribution in [-0.4, -0.2) is 52.7 Å². The van der Waals surface area contributed by atoms with E-state index >= 15 is 0 Å². The molecule has 4 rings (SSSR count). The fourth-order valence-electron chi connectivity index (χ4n) is 5.59. The van der Waals surface area contributed by atoms with Gasteiger partial charge in [0.05, 0.1) is 11.3 Å². The fourth-order valence-corrected chi connectivity index (χ4v) is 5.59. The first-order valence-electron chi connectivity index (χ1n) is 15.2. The number of aliphatic carboxylic acids is 2. The third-order valence-corrected chi connectivity index (χ3v) is 7.77. The van der Waals surface area contributed by atoms with Crippen LogP contribution in [0.25, 0.3) is 11.1 Å². The van der Waals surface area contributed by atoms with Crippen molar-refractivity contribution in [2.24, 2.45) is 5.92 Å². The molecule has 3 amide bonds. The Balaban J connectivity index is 0.000000872. The maximum Gasteiger partial charge on any atom is 0.573 e. The molecule has 1 saturated carbocycles. The van der Waals surface area contributed by atoms with Gasteiger partial charge in [0.2, 0.25) is 0 Å². The summed E-state index contributed by atoms with van der Waals surface area (Å²) in [6.07, 6.45) is -5.75. The van der Waals surface area contributed by atoms with Crippen molar-refractivity contribution in [1.82, 2.24) is 5.32 Å². The van der Waals surface area contributed by atoms with Crippen LogP contribution in [0.5, 0.6) is 5.75 Å². The van der Waals surface area contributed by atoms with Crippen LogP contribution < -0.4 is 20.7 Å². The van der Waals surface area contributed by atoms with Gasteiger partial charge < -0.3 is 30.9 Å². The zero-order valence-electron chi connectivity index (χ0n) is 27.1. The molecule has 0 aromatic heterocycles. The van der Waals surface area contributed by atoms with E-state index in [1.165, 1.54) is 24.3 Å². The third kappa shape index (κ3) is 11.4. The Hall–Kier alpha value is -5.28. The lowest BCUT2D eigenvalue weighted by atomic mass is 9.83. The molecule has 1 aliphatic rings. The van der Waals surface area contributed by atoms with Gasteiger partial charge >= 0.3 is 30.5 Å². The minimum atomic E-state index is -5.08. The Kier molecular flexibility index (Phi) is 12.9. The maximum atomic E-state index is 13.5. The van der Waals surface area contributed by atoms with E-state index in [1.807, 2.05) is 32.9 Å². The molecule has 5 N–H and O–H groups in total. The molecule has 3 aromatic rings. The molecular weight excluding hydrogens is 676 g/mol. The SMILES string of the molecule is Cc1cc(C)c(NC(=O)Nc2cc(-c3ccc(OC(F)(F)F)cc3)ccc2C(=O)N[C@H](C(=O)O)C2CCCCC2)c(C)c1.O=C(O)C(F)(F)F. The van der Waals surface area contributed by atoms with Crippen LogP contribution in [0.4, 0.5) is 42.5 Å². The number of carboxylic acids is 2. The molecule has 1 atom stereocenters. The number of nitrogens with one attached hydrogen (secondary N) is 3. The van der Waals surface area contributed by atoms with Gasteiger partial charge in [0.1, 0.15) is 11.8 Å². The average Bonchev–Trinajstić information content (AvgIpc) is 3.01. The van der Waals surface area contributed by atoms with Crippen molar-refractivity contribution >= 4 is 35.3 Å². The number of carboxylic acid groups (broad SMARTS) is 2. The second kappa shape index (κ2) is 16.4. The molecule has 50 heavy (non-hydrogen) atoms. The molecule has 0 aliphatic heterocycles. The summed E-state index contributed by atoms with van der Waals surface area (Å²) < 4.78 is 73.5. The molecule has 0 unspecified atom stereocenters. The zero-order valence-corrected chi connectivity index (χ0v) is 27.1. The first-order valence-corrected chi connectivity index (χ1v) is 15.2. The van der Waals surface area contributed by atoms with Crippen molar-refractivity contribution in [3.05, 3.63) is 76.9 Å². The quantitative estimate of drug-likeness (QED) is 0.148. The van der Waals surface area contributed by atoms with Gasteiger partial charge in [0.15, 0.2) is 0 Å². The highest BCUT2D eigenvalue weighted by atomic mass is 19.4. The highest BCUT2D eigenvalue weighted by Gasteiger charge is 2.38. The summed E-state index contributed by atoms with van der Waals surface area (Å²) in [5.41, 5.74) is 4.46. The number of hydrogen-bond acceptors (Lipinski definition) is 5. The van der Waals surface area contributed by atoms with Crippen LogP contribution >= 0.6 is 0 Å². The number of halogens is 6. The Morgan fingerprint density at radius 2 is 1.32 bits per heavy atom. The van der Waals surface area contributed by atoms with E-state index in [4.69, 9.17) is 9.90 Å². The lowest BCUT2D eigenvalue weighted by Crippen LogP contribution is -2.46. The number of hydrogen-bond donors (Lipinski definition) is 5. The number of aryl methyl sites for hydroxylation is 3. The van der Waals surface area contributed by atoms with Gasteiger partial charge in [0, 0.05) is 5.69 Å². The van der Waals surface area contributed by atoms with Gasteiger partial charge in [0.25, 0.3) is 5.91 Å². The minimum Gasteiger partial charge on any atom is -0.480 e. The van der Waals surface area contributed by atoms with Crippen LogP contribution in [-0.2, 0) is 9.59 Å². The van der Waals surface area contributed by atoms with Crippen molar-refractivity contribution in [2.45, 2.75) is 71.5 Å². The summed E-state index contributed by atoms with van der Waals surface area (Å²) in [6, 6.07) is 11.8. The minimum absolute atomic E-state index is 0.0373. The van der Waals surface area contributed by atoms with E-state index in [-0.39, 0.29) is 17.2 Å².